The van der Waals surface area contributed by atoms with Crippen molar-refractivity contribution in [3.05, 3.63) is 53.5 Å². The number of primary amides is 1. The predicted molar refractivity (Wildman–Crippen MR) is 140 cm³/mol. The average molecular weight is 564 g/mol. The molecule has 0 aliphatic carbocycles. The molecule has 210 valence electrons. The van der Waals surface area contributed by atoms with E-state index < -0.39 is 39.0 Å². The summed E-state index contributed by atoms with van der Waals surface area (Å²) in [6.45, 7) is 2.98. The number of nitrogens with zero attached hydrogens (tertiary/aromatic N) is 4. The first kappa shape index (κ1) is 27.3. The molecule has 4 heterocycles. The van der Waals surface area contributed by atoms with Crippen molar-refractivity contribution in [2.45, 2.75) is 49.5 Å². The minimum atomic E-state index is -4.09. The van der Waals surface area contributed by atoms with Gasteiger partial charge in [-0.25, -0.2) is 21.7 Å². The van der Waals surface area contributed by atoms with Gasteiger partial charge in [0.25, 0.3) is 15.9 Å². The lowest BCUT2D eigenvalue weighted by Crippen LogP contribution is -2.29. The molecule has 2 aliphatic heterocycles. The Morgan fingerprint density at radius 1 is 1.26 bits per heavy atom. The van der Waals surface area contributed by atoms with E-state index in [2.05, 4.69) is 5.10 Å². The molecule has 0 unspecified atom stereocenters. The molecule has 3 aromatic rings. The normalized spacial score (nSPS) is 20.7. The number of halogens is 2. The fraction of sp³-hybridized carbons (Fsp3) is 0.462. The van der Waals surface area contributed by atoms with Crippen molar-refractivity contribution in [1.29, 1.82) is 0 Å². The fourth-order valence-electron chi connectivity index (χ4n) is 5.15. The molecule has 2 fully saturated rings. The van der Waals surface area contributed by atoms with Gasteiger partial charge in [-0.1, -0.05) is 6.92 Å². The molecule has 0 saturated carbocycles. The number of hydrogen-bond acceptors (Lipinski definition) is 7. The topological polar surface area (TPSA) is 119 Å². The Bertz CT molecular complexity index is 1490. The van der Waals surface area contributed by atoms with Gasteiger partial charge in [-0.05, 0) is 30.3 Å². The Balaban J connectivity index is 1.57. The van der Waals surface area contributed by atoms with Gasteiger partial charge in [0.1, 0.15) is 29.4 Å². The van der Waals surface area contributed by atoms with E-state index in [9.17, 15) is 22.0 Å². The van der Waals surface area contributed by atoms with Crippen LogP contribution in [0.1, 0.15) is 48.1 Å². The quantitative estimate of drug-likeness (QED) is 0.447. The largest absolute Gasteiger partial charge is 0.490 e. The van der Waals surface area contributed by atoms with Crippen LogP contribution in [0.4, 0.5) is 14.5 Å². The highest BCUT2D eigenvalue weighted by molar-refractivity contribution is 7.89. The minimum absolute atomic E-state index is 0.0117. The van der Waals surface area contributed by atoms with Gasteiger partial charge in [0.05, 0.1) is 24.8 Å². The Morgan fingerprint density at radius 3 is 2.69 bits per heavy atom. The molecule has 2 atom stereocenters. The second kappa shape index (κ2) is 10.7. The van der Waals surface area contributed by atoms with Crippen molar-refractivity contribution in [2.75, 3.05) is 38.3 Å². The maximum atomic E-state index is 14.9. The van der Waals surface area contributed by atoms with E-state index in [-0.39, 0.29) is 36.7 Å². The number of sulfonamides is 1. The predicted octanol–water partition coefficient (Wildman–Crippen LogP) is 3.06. The van der Waals surface area contributed by atoms with Gasteiger partial charge in [-0.3, -0.25) is 4.79 Å². The number of alkyl halides is 1. The summed E-state index contributed by atoms with van der Waals surface area (Å²) in [6.07, 6.45) is 1.69. The standard InChI is InChI=1S/C26H31F2N5O5S/c1-3-31(2)39(35,36)26-24(25(29)34)22-14-18(6-9-33(22)30-26)32-15-17(28)13-21(32)20-12-16(27)4-5-23(20)38-19-7-10-37-11-8-19/h4-6,9,12,14,17,19,21H,3,7-8,10-11,13,15H2,1-2H3,(H2,29,34)/t17-,21+/m0/s1. The van der Waals surface area contributed by atoms with Crippen molar-refractivity contribution in [3.63, 3.8) is 0 Å². The lowest BCUT2D eigenvalue weighted by atomic mass is 10.0. The Labute approximate surface area is 225 Å². The Kier molecular flexibility index (Phi) is 7.49. The van der Waals surface area contributed by atoms with E-state index in [0.29, 0.717) is 43.1 Å². The molecule has 1 amide bonds. The summed E-state index contributed by atoms with van der Waals surface area (Å²) < 4.78 is 69.4. The third kappa shape index (κ3) is 5.18. The fourth-order valence-corrected chi connectivity index (χ4v) is 6.44. The highest BCUT2D eigenvalue weighted by Crippen LogP contribution is 2.42. The van der Waals surface area contributed by atoms with Gasteiger partial charge < -0.3 is 20.1 Å². The van der Waals surface area contributed by atoms with Crippen LogP contribution in [0.2, 0.25) is 0 Å². The third-order valence-electron chi connectivity index (χ3n) is 7.31. The molecule has 0 bridgehead atoms. The Morgan fingerprint density at radius 2 is 2.00 bits per heavy atom. The van der Waals surface area contributed by atoms with Crippen LogP contribution < -0.4 is 15.4 Å². The molecular formula is C26H31F2N5O5S. The van der Waals surface area contributed by atoms with Crippen LogP contribution >= 0.6 is 0 Å². The van der Waals surface area contributed by atoms with Gasteiger partial charge in [0.15, 0.2) is 0 Å². The first-order valence-electron chi connectivity index (χ1n) is 12.8. The monoisotopic (exact) mass is 563 g/mol. The van der Waals surface area contributed by atoms with E-state index in [1.165, 1.54) is 29.9 Å². The number of pyridine rings is 1. The van der Waals surface area contributed by atoms with Crippen LogP contribution in [0.3, 0.4) is 0 Å². The zero-order chi connectivity index (χ0) is 27.9. The van der Waals surface area contributed by atoms with Gasteiger partial charge in [-0.2, -0.15) is 9.40 Å². The number of aromatic nitrogens is 2. The molecule has 0 spiro atoms. The third-order valence-corrected chi connectivity index (χ3v) is 9.16. The number of rotatable bonds is 8. The summed E-state index contributed by atoms with van der Waals surface area (Å²) in [5, 5.41) is 3.69. The summed E-state index contributed by atoms with van der Waals surface area (Å²) in [4.78, 5) is 14.2. The van der Waals surface area contributed by atoms with Gasteiger partial charge in [0, 0.05) is 56.8 Å². The summed E-state index contributed by atoms with van der Waals surface area (Å²) >= 11 is 0. The first-order valence-corrected chi connectivity index (χ1v) is 14.3. The number of benzene rings is 1. The Hall–Kier alpha value is -3.29. The first-order chi connectivity index (χ1) is 18.6. The zero-order valence-electron chi connectivity index (χ0n) is 21.7. The lowest BCUT2D eigenvalue weighted by molar-refractivity contribution is 0.0250. The molecule has 5 rings (SSSR count). The van der Waals surface area contributed by atoms with E-state index in [4.69, 9.17) is 15.2 Å². The molecule has 2 N–H and O–H groups in total. The van der Waals surface area contributed by atoms with Crippen molar-refractivity contribution in [1.82, 2.24) is 13.9 Å². The molecule has 2 saturated heterocycles. The maximum Gasteiger partial charge on any atom is 0.262 e. The molecule has 13 heteroatoms. The summed E-state index contributed by atoms with van der Waals surface area (Å²) in [5.74, 6) is -0.945. The number of hydrogen-bond donors (Lipinski definition) is 1. The molecule has 39 heavy (non-hydrogen) atoms. The number of amides is 1. The van der Waals surface area contributed by atoms with Crippen LogP contribution in [0.25, 0.3) is 5.52 Å². The minimum Gasteiger partial charge on any atom is -0.490 e. The van der Waals surface area contributed by atoms with E-state index in [1.807, 2.05) is 0 Å². The molecule has 2 aliphatic rings. The second-order valence-corrected chi connectivity index (χ2v) is 11.8. The van der Waals surface area contributed by atoms with Crippen LogP contribution in [0.5, 0.6) is 5.75 Å². The van der Waals surface area contributed by atoms with Crippen LogP contribution in [0, 0.1) is 5.82 Å². The number of carbonyl (C=O) groups is 1. The van der Waals surface area contributed by atoms with E-state index >= 15 is 0 Å². The summed E-state index contributed by atoms with van der Waals surface area (Å²) in [7, 11) is -2.71. The molecule has 2 aromatic heterocycles. The van der Waals surface area contributed by atoms with Crippen molar-refractivity contribution in [2.24, 2.45) is 5.73 Å². The molecular weight excluding hydrogens is 532 g/mol. The smallest absolute Gasteiger partial charge is 0.262 e. The molecule has 1 aromatic carbocycles. The number of ether oxygens (including phenoxy) is 2. The SMILES string of the molecule is CCN(C)S(=O)(=O)c1nn2ccc(N3C[C@@H](F)C[C@@H]3c3cc(F)ccc3OC3CCOCC3)cc2c1C(N)=O. The lowest BCUT2D eigenvalue weighted by Gasteiger charge is -2.30. The van der Waals surface area contributed by atoms with Gasteiger partial charge in [0.2, 0.25) is 5.03 Å². The number of nitrogens with two attached hydrogens (primary N) is 1. The van der Waals surface area contributed by atoms with Crippen molar-refractivity contribution >= 4 is 27.1 Å². The molecule has 10 nitrogen and oxygen atoms in total. The summed E-state index contributed by atoms with van der Waals surface area (Å²) in [6, 6.07) is 6.88. The van der Waals surface area contributed by atoms with E-state index in [0.717, 1.165) is 4.31 Å². The van der Waals surface area contributed by atoms with Crippen molar-refractivity contribution < 1.29 is 31.5 Å². The molecule has 0 radical (unpaired) electrons. The van der Waals surface area contributed by atoms with Gasteiger partial charge >= 0.3 is 0 Å². The van der Waals surface area contributed by atoms with E-state index in [1.54, 1.807) is 30.0 Å². The number of anilines is 1. The van der Waals surface area contributed by atoms with Crippen LogP contribution in [-0.4, -0.2) is 73.9 Å². The highest BCUT2D eigenvalue weighted by Gasteiger charge is 2.37. The van der Waals surface area contributed by atoms with Crippen molar-refractivity contribution in [3.8, 4) is 5.75 Å². The number of carbonyl (C=O) groups excluding carboxylic acids is 1. The maximum absolute atomic E-state index is 14.9. The zero-order valence-corrected chi connectivity index (χ0v) is 22.5. The highest BCUT2D eigenvalue weighted by atomic mass is 32.2. The van der Waals surface area contributed by atoms with Crippen LogP contribution in [0.15, 0.2) is 41.6 Å². The second-order valence-electron chi connectivity index (χ2n) is 9.79. The number of fused-ring (bicyclic) bond motifs is 1. The van der Waals surface area contributed by atoms with Gasteiger partial charge in [-0.15, -0.1) is 0 Å². The summed E-state index contributed by atoms with van der Waals surface area (Å²) in [5.41, 5.74) is 6.55. The average Bonchev–Trinajstić information content (AvgIpc) is 3.50. The van der Waals surface area contributed by atoms with Crippen LogP contribution in [-0.2, 0) is 14.8 Å².